The number of aryl methyl sites for hydroxylation is 1. The van der Waals surface area contributed by atoms with Gasteiger partial charge in [-0.25, -0.2) is 4.79 Å². The Morgan fingerprint density at radius 1 is 0.920 bits per heavy atom. The van der Waals surface area contributed by atoms with Crippen LogP contribution >= 0.6 is 0 Å². The van der Waals surface area contributed by atoms with Crippen LogP contribution in [0, 0.1) is 6.92 Å². The van der Waals surface area contributed by atoms with Crippen LogP contribution in [0.2, 0.25) is 0 Å². The first-order chi connectivity index (χ1) is 12.0. The summed E-state index contributed by atoms with van der Waals surface area (Å²) in [5, 5.41) is 0. The van der Waals surface area contributed by atoms with Gasteiger partial charge in [-0.05, 0) is 52.0 Å². The number of carbonyl (C=O) groups is 2. The predicted octanol–water partition coefficient (Wildman–Crippen LogP) is 4.27. The third-order valence-corrected chi connectivity index (χ3v) is 4.22. The third kappa shape index (κ3) is 4.69. The van der Waals surface area contributed by atoms with Crippen molar-refractivity contribution in [3.8, 4) is 0 Å². The van der Waals surface area contributed by atoms with Crippen LogP contribution < -0.4 is 4.90 Å². The summed E-state index contributed by atoms with van der Waals surface area (Å²) >= 11 is 0. The average molecular weight is 339 g/mol. The van der Waals surface area contributed by atoms with Gasteiger partial charge in [-0.1, -0.05) is 29.8 Å². The number of hydrogen-bond donors (Lipinski definition) is 0. The van der Waals surface area contributed by atoms with Crippen LogP contribution in [-0.4, -0.2) is 30.9 Å². The van der Waals surface area contributed by atoms with Crippen molar-refractivity contribution >= 4 is 17.4 Å². The molecule has 1 unspecified atom stereocenters. The van der Waals surface area contributed by atoms with Crippen molar-refractivity contribution in [2.24, 2.45) is 0 Å². The summed E-state index contributed by atoms with van der Waals surface area (Å²) in [4.78, 5) is 26.8. The van der Waals surface area contributed by atoms with Gasteiger partial charge in [0.1, 0.15) is 0 Å². The van der Waals surface area contributed by atoms with Crippen molar-refractivity contribution in [1.29, 1.82) is 0 Å². The fourth-order valence-corrected chi connectivity index (χ4v) is 2.63. The molecule has 4 heteroatoms. The van der Waals surface area contributed by atoms with Crippen LogP contribution in [0.25, 0.3) is 0 Å². The number of carbonyl (C=O) groups excluding carboxylic acids is 2. The van der Waals surface area contributed by atoms with E-state index in [4.69, 9.17) is 4.74 Å². The Bertz CT molecular complexity index is 716. The number of anilines is 1. The summed E-state index contributed by atoms with van der Waals surface area (Å²) < 4.78 is 5.33. The van der Waals surface area contributed by atoms with Gasteiger partial charge in [0.2, 0.25) is 5.78 Å². The quantitative estimate of drug-likeness (QED) is 0.558. The summed E-state index contributed by atoms with van der Waals surface area (Å²) in [5.74, 6) is -0.688. The van der Waals surface area contributed by atoms with E-state index < -0.39 is 12.1 Å². The largest absolute Gasteiger partial charge is 0.451 e. The van der Waals surface area contributed by atoms with Gasteiger partial charge in [-0.3, -0.25) is 4.79 Å². The van der Waals surface area contributed by atoms with Crippen LogP contribution in [0.3, 0.4) is 0 Å². The Balaban J connectivity index is 2.03. The summed E-state index contributed by atoms with van der Waals surface area (Å²) in [7, 11) is 0. The minimum atomic E-state index is -0.822. The Kier molecular flexibility index (Phi) is 6.34. The number of esters is 1. The van der Waals surface area contributed by atoms with Crippen molar-refractivity contribution in [2.75, 3.05) is 18.0 Å². The lowest BCUT2D eigenvalue weighted by molar-refractivity contribution is 0.0319. The zero-order chi connectivity index (χ0) is 18.4. The molecule has 0 bridgehead atoms. The molecule has 0 N–H and O–H groups in total. The molecule has 2 rings (SSSR count). The van der Waals surface area contributed by atoms with Gasteiger partial charge in [0.15, 0.2) is 6.10 Å². The highest BCUT2D eigenvalue weighted by atomic mass is 16.5. The van der Waals surface area contributed by atoms with Crippen molar-refractivity contribution in [2.45, 2.75) is 33.8 Å². The maximum Gasteiger partial charge on any atom is 0.338 e. The second kappa shape index (κ2) is 8.47. The van der Waals surface area contributed by atoms with Crippen LogP contribution in [-0.2, 0) is 4.74 Å². The number of hydrogen-bond acceptors (Lipinski definition) is 4. The normalized spacial score (nSPS) is 11.7. The van der Waals surface area contributed by atoms with E-state index >= 15 is 0 Å². The lowest BCUT2D eigenvalue weighted by Crippen LogP contribution is -2.24. The van der Waals surface area contributed by atoms with Gasteiger partial charge in [0.05, 0.1) is 5.56 Å². The highest BCUT2D eigenvalue weighted by molar-refractivity contribution is 6.01. The monoisotopic (exact) mass is 339 g/mol. The molecule has 0 radical (unpaired) electrons. The lowest BCUT2D eigenvalue weighted by atomic mass is 10.1. The standard InChI is InChI=1S/C21H25NO3/c1-5-22(6-2)19-13-11-18(12-14-19)21(24)25-16(4)20(23)17-9-7-15(3)8-10-17/h7-14,16H,5-6H2,1-4H3. The first kappa shape index (κ1) is 18.7. The zero-order valence-corrected chi connectivity index (χ0v) is 15.3. The topological polar surface area (TPSA) is 46.6 Å². The summed E-state index contributed by atoms with van der Waals surface area (Å²) in [6, 6.07) is 14.5. The van der Waals surface area contributed by atoms with Crippen molar-refractivity contribution in [3.05, 3.63) is 65.2 Å². The Hall–Kier alpha value is -2.62. The molecule has 25 heavy (non-hydrogen) atoms. The fourth-order valence-electron chi connectivity index (χ4n) is 2.63. The Morgan fingerprint density at radius 2 is 1.44 bits per heavy atom. The maximum absolute atomic E-state index is 12.4. The van der Waals surface area contributed by atoms with E-state index in [9.17, 15) is 9.59 Å². The Morgan fingerprint density at radius 3 is 1.96 bits per heavy atom. The summed E-state index contributed by atoms with van der Waals surface area (Å²) in [5.41, 5.74) is 3.13. The number of Topliss-reactive ketones (excluding diaryl/α,β-unsaturated/α-hetero) is 1. The van der Waals surface area contributed by atoms with E-state index in [1.54, 1.807) is 31.2 Å². The summed E-state index contributed by atoms with van der Waals surface area (Å²) in [6.07, 6.45) is -0.822. The smallest absolute Gasteiger partial charge is 0.338 e. The first-order valence-corrected chi connectivity index (χ1v) is 8.63. The second-order valence-electron chi connectivity index (χ2n) is 6.00. The summed E-state index contributed by atoms with van der Waals surface area (Å²) in [6.45, 7) is 9.54. The highest BCUT2D eigenvalue weighted by Gasteiger charge is 2.20. The number of rotatable bonds is 7. The molecule has 2 aromatic carbocycles. The van der Waals surface area contributed by atoms with Crippen LogP contribution in [0.4, 0.5) is 5.69 Å². The van der Waals surface area contributed by atoms with Gasteiger partial charge in [-0.15, -0.1) is 0 Å². The molecule has 0 aliphatic rings. The maximum atomic E-state index is 12.4. The van der Waals surface area contributed by atoms with Crippen molar-refractivity contribution in [3.63, 3.8) is 0 Å². The zero-order valence-electron chi connectivity index (χ0n) is 15.3. The molecule has 0 fully saturated rings. The molecule has 0 saturated carbocycles. The molecule has 2 aromatic rings. The minimum Gasteiger partial charge on any atom is -0.451 e. The first-order valence-electron chi connectivity index (χ1n) is 8.63. The molecular formula is C21H25NO3. The fraction of sp³-hybridized carbons (Fsp3) is 0.333. The third-order valence-electron chi connectivity index (χ3n) is 4.22. The molecule has 0 amide bonds. The number of benzene rings is 2. The van der Waals surface area contributed by atoms with Gasteiger partial charge in [0.25, 0.3) is 0 Å². The molecule has 0 heterocycles. The van der Waals surface area contributed by atoms with E-state index in [0.717, 1.165) is 24.3 Å². The Labute approximate surface area is 149 Å². The van der Waals surface area contributed by atoms with E-state index in [1.165, 1.54) is 0 Å². The molecule has 0 spiro atoms. The minimum absolute atomic E-state index is 0.201. The highest BCUT2D eigenvalue weighted by Crippen LogP contribution is 2.16. The van der Waals surface area contributed by atoms with Gasteiger partial charge in [0, 0.05) is 24.3 Å². The number of nitrogens with zero attached hydrogens (tertiary/aromatic N) is 1. The van der Waals surface area contributed by atoms with Crippen LogP contribution in [0.5, 0.6) is 0 Å². The lowest BCUT2D eigenvalue weighted by Gasteiger charge is -2.21. The van der Waals surface area contributed by atoms with E-state index in [1.807, 2.05) is 31.2 Å². The molecule has 4 nitrogen and oxygen atoms in total. The average Bonchev–Trinajstić information content (AvgIpc) is 2.63. The second-order valence-corrected chi connectivity index (χ2v) is 6.00. The molecule has 1 atom stereocenters. The van der Waals surface area contributed by atoms with E-state index in [2.05, 4.69) is 18.7 Å². The molecule has 0 saturated heterocycles. The van der Waals surface area contributed by atoms with Crippen molar-refractivity contribution in [1.82, 2.24) is 0 Å². The molecule has 0 aliphatic heterocycles. The number of ether oxygens (including phenoxy) is 1. The molecule has 0 aromatic heterocycles. The van der Waals surface area contributed by atoms with E-state index in [0.29, 0.717) is 11.1 Å². The van der Waals surface area contributed by atoms with Gasteiger partial charge < -0.3 is 9.64 Å². The molecule has 132 valence electrons. The molecular weight excluding hydrogens is 314 g/mol. The molecule has 0 aliphatic carbocycles. The van der Waals surface area contributed by atoms with E-state index in [-0.39, 0.29) is 5.78 Å². The SMILES string of the molecule is CCN(CC)c1ccc(C(=O)OC(C)C(=O)c2ccc(C)cc2)cc1. The van der Waals surface area contributed by atoms with Gasteiger partial charge >= 0.3 is 5.97 Å². The van der Waals surface area contributed by atoms with Crippen molar-refractivity contribution < 1.29 is 14.3 Å². The predicted molar refractivity (Wildman–Crippen MR) is 100 cm³/mol. The number of ketones is 1. The van der Waals surface area contributed by atoms with Crippen LogP contribution in [0.15, 0.2) is 48.5 Å². The van der Waals surface area contributed by atoms with Gasteiger partial charge in [-0.2, -0.15) is 0 Å². The van der Waals surface area contributed by atoms with Crippen LogP contribution in [0.1, 0.15) is 47.1 Å².